The second-order valence-corrected chi connectivity index (χ2v) is 8.73. The van der Waals surface area contributed by atoms with Crippen molar-refractivity contribution >= 4 is 23.2 Å². The first kappa shape index (κ1) is 22.3. The first-order valence-electron chi connectivity index (χ1n) is 10.7. The highest BCUT2D eigenvalue weighted by Gasteiger charge is 2.27. The monoisotopic (exact) mass is 456 g/mol. The third kappa shape index (κ3) is 4.94. The standard InChI is InChI=1S/C23H28N4O4S/c1-30-19-12-16-5-9-27(15-18(16)13-20(19)31-2)23(29)17-4-3-8-26(14-17)10-6-24-21(28)22-25-7-11-32-22/h4,7,11-13H,3,5-6,8-10,14-15H2,1-2H3,(H,24,28). The van der Waals surface area contributed by atoms with Crippen LogP contribution in [0.5, 0.6) is 11.5 Å². The van der Waals surface area contributed by atoms with Gasteiger partial charge in [0.2, 0.25) is 0 Å². The van der Waals surface area contributed by atoms with E-state index in [9.17, 15) is 9.59 Å². The number of ether oxygens (including phenoxy) is 2. The zero-order chi connectivity index (χ0) is 22.5. The van der Waals surface area contributed by atoms with Crippen LogP contribution in [-0.2, 0) is 17.8 Å². The number of carbonyl (C=O) groups excluding carboxylic acids is 2. The molecule has 0 atom stereocenters. The number of fused-ring (bicyclic) bond motifs is 1. The molecule has 0 saturated carbocycles. The highest BCUT2D eigenvalue weighted by atomic mass is 32.1. The maximum Gasteiger partial charge on any atom is 0.280 e. The summed E-state index contributed by atoms with van der Waals surface area (Å²) in [6.07, 6.45) is 5.30. The van der Waals surface area contributed by atoms with E-state index >= 15 is 0 Å². The van der Waals surface area contributed by atoms with Crippen LogP contribution >= 0.6 is 11.3 Å². The van der Waals surface area contributed by atoms with E-state index in [0.29, 0.717) is 43.5 Å². The second kappa shape index (κ2) is 10.1. The Kier molecular flexibility index (Phi) is 7.06. The molecule has 170 valence electrons. The number of amides is 2. The van der Waals surface area contributed by atoms with Crippen molar-refractivity contribution in [2.75, 3.05) is 46.9 Å². The molecule has 4 rings (SSSR count). The van der Waals surface area contributed by atoms with Crippen molar-refractivity contribution in [3.8, 4) is 11.5 Å². The van der Waals surface area contributed by atoms with E-state index < -0.39 is 0 Å². The molecule has 9 heteroatoms. The van der Waals surface area contributed by atoms with Gasteiger partial charge in [-0.1, -0.05) is 6.08 Å². The van der Waals surface area contributed by atoms with Crippen LogP contribution in [0.3, 0.4) is 0 Å². The number of nitrogens with one attached hydrogen (secondary N) is 1. The van der Waals surface area contributed by atoms with Crippen LogP contribution in [0.4, 0.5) is 0 Å². The molecule has 2 aromatic rings. The van der Waals surface area contributed by atoms with Gasteiger partial charge in [-0.25, -0.2) is 4.98 Å². The Hall–Kier alpha value is -2.91. The number of methoxy groups -OCH3 is 2. The summed E-state index contributed by atoms with van der Waals surface area (Å²) in [6.45, 7) is 3.95. The molecule has 0 aliphatic carbocycles. The number of rotatable bonds is 7. The molecule has 0 bridgehead atoms. The molecular weight excluding hydrogens is 428 g/mol. The number of thiazole rings is 1. The lowest BCUT2D eigenvalue weighted by atomic mass is 9.97. The molecule has 2 aliphatic rings. The van der Waals surface area contributed by atoms with Crippen molar-refractivity contribution in [1.29, 1.82) is 0 Å². The Morgan fingerprint density at radius 1 is 1.12 bits per heavy atom. The van der Waals surface area contributed by atoms with Gasteiger partial charge in [-0.2, -0.15) is 0 Å². The van der Waals surface area contributed by atoms with Gasteiger partial charge in [0, 0.05) is 56.4 Å². The summed E-state index contributed by atoms with van der Waals surface area (Å²) in [4.78, 5) is 33.4. The maximum absolute atomic E-state index is 13.2. The van der Waals surface area contributed by atoms with Crippen LogP contribution in [-0.4, -0.2) is 73.5 Å². The molecule has 1 aromatic heterocycles. The lowest BCUT2D eigenvalue weighted by Crippen LogP contribution is -2.43. The van der Waals surface area contributed by atoms with Gasteiger partial charge in [0.1, 0.15) is 0 Å². The van der Waals surface area contributed by atoms with Gasteiger partial charge in [-0.3, -0.25) is 14.5 Å². The van der Waals surface area contributed by atoms with Gasteiger partial charge in [0.05, 0.1) is 14.2 Å². The van der Waals surface area contributed by atoms with Crippen molar-refractivity contribution < 1.29 is 19.1 Å². The normalized spacial score (nSPS) is 16.2. The van der Waals surface area contributed by atoms with Crippen molar-refractivity contribution in [3.63, 3.8) is 0 Å². The molecular formula is C23H28N4O4S. The van der Waals surface area contributed by atoms with Gasteiger partial charge < -0.3 is 19.7 Å². The van der Waals surface area contributed by atoms with E-state index in [2.05, 4.69) is 21.3 Å². The molecule has 8 nitrogen and oxygen atoms in total. The van der Waals surface area contributed by atoms with Crippen LogP contribution in [0.15, 0.2) is 35.4 Å². The van der Waals surface area contributed by atoms with Gasteiger partial charge in [0.25, 0.3) is 11.8 Å². The molecule has 0 unspecified atom stereocenters. The largest absolute Gasteiger partial charge is 0.493 e. The third-order valence-corrected chi connectivity index (χ3v) is 6.62. The quantitative estimate of drug-likeness (QED) is 0.687. The average Bonchev–Trinajstić information content (AvgIpc) is 3.37. The molecule has 0 fully saturated rings. The Balaban J connectivity index is 1.32. The maximum atomic E-state index is 13.2. The van der Waals surface area contributed by atoms with E-state index in [1.165, 1.54) is 16.9 Å². The van der Waals surface area contributed by atoms with Crippen LogP contribution in [0.1, 0.15) is 27.3 Å². The van der Waals surface area contributed by atoms with E-state index in [0.717, 1.165) is 36.3 Å². The topological polar surface area (TPSA) is 84.0 Å². The van der Waals surface area contributed by atoms with E-state index in [1.54, 1.807) is 25.8 Å². The molecule has 0 spiro atoms. The fourth-order valence-electron chi connectivity index (χ4n) is 4.15. The Bertz CT molecular complexity index is 1010. The Morgan fingerprint density at radius 2 is 1.91 bits per heavy atom. The van der Waals surface area contributed by atoms with Crippen molar-refractivity contribution in [1.82, 2.24) is 20.1 Å². The zero-order valence-electron chi connectivity index (χ0n) is 18.4. The summed E-state index contributed by atoms with van der Waals surface area (Å²) < 4.78 is 10.8. The van der Waals surface area contributed by atoms with Crippen molar-refractivity contribution in [2.45, 2.75) is 19.4 Å². The van der Waals surface area contributed by atoms with Gasteiger partial charge in [-0.15, -0.1) is 11.3 Å². The lowest BCUT2D eigenvalue weighted by molar-refractivity contribution is -0.128. The summed E-state index contributed by atoms with van der Waals surface area (Å²) in [5, 5.41) is 5.16. The minimum Gasteiger partial charge on any atom is -0.493 e. The number of benzene rings is 1. The summed E-state index contributed by atoms with van der Waals surface area (Å²) in [5.74, 6) is 1.34. The number of nitrogens with zero attached hydrogens (tertiary/aromatic N) is 3. The lowest BCUT2D eigenvalue weighted by Gasteiger charge is -2.33. The van der Waals surface area contributed by atoms with Crippen molar-refractivity contribution in [2.24, 2.45) is 0 Å². The molecule has 3 heterocycles. The third-order valence-electron chi connectivity index (χ3n) is 5.85. The predicted molar refractivity (Wildman–Crippen MR) is 122 cm³/mol. The Labute approximate surface area is 191 Å². The van der Waals surface area contributed by atoms with Crippen molar-refractivity contribution in [3.05, 3.63) is 51.5 Å². The average molecular weight is 457 g/mol. The summed E-state index contributed by atoms with van der Waals surface area (Å²) in [5.41, 5.74) is 3.12. The van der Waals surface area contributed by atoms with Crippen LogP contribution in [0.25, 0.3) is 0 Å². The highest BCUT2D eigenvalue weighted by molar-refractivity contribution is 7.11. The number of hydrogen-bond donors (Lipinski definition) is 1. The summed E-state index contributed by atoms with van der Waals surface area (Å²) in [6, 6.07) is 3.98. The molecule has 2 amide bonds. The zero-order valence-corrected chi connectivity index (χ0v) is 19.2. The molecule has 0 saturated heterocycles. The number of aromatic nitrogens is 1. The van der Waals surface area contributed by atoms with E-state index in [-0.39, 0.29) is 11.8 Å². The van der Waals surface area contributed by atoms with Crippen LogP contribution in [0, 0.1) is 0 Å². The van der Waals surface area contributed by atoms with E-state index in [4.69, 9.17) is 9.47 Å². The second-order valence-electron chi connectivity index (χ2n) is 7.84. The number of hydrogen-bond acceptors (Lipinski definition) is 7. The Morgan fingerprint density at radius 3 is 2.62 bits per heavy atom. The summed E-state index contributed by atoms with van der Waals surface area (Å²) in [7, 11) is 3.26. The fourth-order valence-corrected chi connectivity index (χ4v) is 4.70. The molecule has 32 heavy (non-hydrogen) atoms. The van der Waals surface area contributed by atoms with Gasteiger partial charge in [-0.05, 0) is 36.1 Å². The van der Waals surface area contributed by atoms with Gasteiger partial charge >= 0.3 is 0 Å². The number of carbonyl (C=O) groups is 2. The minimum absolute atomic E-state index is 0.0851. The fraction of sp³-hybridized carbons (Fsp3) is 0.435. The first-order chi connectivity index (χ1) is 15.6. The summed E-state index contributed by atoms with van der Waals surface area (Å²) >= 11 is 1.33. The minimum atomic E-state index is -0.150. The highest BCUT2D eigenvalue weighted by Crippen LogP contribution is 2.33. The molecule has 1 N–H and O–H groups in total. The van der Waals surface area contributed by atoms with Crippen LogP contribution in [0.2, 0.25) is 0 Å². The smallest absolute Gasteiger partial charge is 0.280 e. The SMILES string of the molecule is COc1cc2c(cc1OC)CN(C(=O)C1=CCCN(CCNC(=O)c3nccs3)C1)CC2. The predicted octanol–water partition coefficient (Wildman–Crippen LogP) is 2.11. The van der Waals surface area contributed by atoms with Crippen LogP contribution < -0.4 is 14.8 Å². The molecule has 2 aliphatic heterocycles. The first-order valence-corrected chi connectivity index (χ1v) is 11.6. The van der Waals surface area contributed by atoms with E-state index in [1.807, 2.05) is 17.0 Å². The van der Waals surface area contributed by atoms with Gasteiger partial charge in [0.15, 0.2) is 16.5 Å². The molecule has 1 aromatic carbocycles. The molecule has 0 radical (unpaired) electrons.